The van der Waals surface area contributed by atoms with Gasteiger partial charge in [0.1, 0.15) is 0 Å². The van der Waals surface area contributed by atoms with Crippen LogP contribution in [0.4, 0.5) is 0 Å². The van der Waals surface area contributed by atoms with E-state index in [1.807, 2.05) is 0 Å². The Kier molecular flexibility index (Phi) is 6.25. The van der Waals surface area contributed by atoms with E-state index in [-0.39, 0.29) is 0 Å². The van der Waals surface area contributed by atoms with E-state index in [1.54, 1.807) is 0 Å². The Morgan fingerprint density at radius 2 is 2.00 bits per heavy atom. The van der Waals surface area contributed by atoms with E-state index in [0.29, 0.717) is 6.04 Å². The third-order valence-corrected chi connectivity index (χ3v) is 4.99. The van der Waals surface area contributed by atoms with Crippen molar-refractivity contribution in [3.05, 3.63) is 34.9 Å². The fourth-order valence-corrected chi connectivity index (χ4v) is 3.50. The van der Waals surface area contributed by atoms with E-state index in [0.717, 1.165) is 19.0 Å². The maximum Gasteiger partial charge on any atom is 0.0239 e. The van der Waals surface area contributed by atoms with Gasteiger partial charge < -0.3 is 5.32 Å². The van der Waals surface area contributed by atoms with Crippen LogP contribution in [0.25, 0.3) is 0 Å². The average Bonchev–Trinajstić information content (AvgIpc) is 2.49. The van der Waals surface area contributed by atoms with Crippen molar-refractivity contribution in [1.29, 1.82) is 0 Å². The molecule has 2 unspecified atom stereocenters. The normalized spacial score (nSPS) is 21.4. The molecule has 1 aliphatic heterocycles. The zero-order valence-corrected chi connectivity index (χ0v) is 14.3. The van der Waals surface area contributed by atoms with Crippen molar-refractivity contribution in [2.45, 2.75) is 59.5 Å². The molecule has 1 N–H and O–H groups in total. The minimum Gasteiger partial charge on any atom is -0.314 e. The van der Waals surface area contributed by atoms with Crippen LogP contribution in [0.2, 0.25) is 0 Å². The molecule has 1 aromatic rings. The molecule has 21 heavy (non-hydrogen) atoms. The first-order valence-electron chi connectivity index (χ1n) is 8.62. The van der Waals surface area contributed by atoms with Gasteiger partial charge in [0.25, 0.3) is 0 Å². The Morgan fingerprint density at radius 3 is 2.67 bits per heavy atom. The summed E-state index contributed by atoms with van der Waals surface area (Å²) in [6.45, 7) is 13.9. The quantitative estimate of drug-likeness (QED) is 0.854. The molecule has 0 radical (unpaired) electrons. The predicted molar refractivity (Wildman–Crippen MR) is 91.7 cm³/mol. The fourth-order valence-electron chi connectivity index (χ4n) is 3.50. The number of likely N-dealkylation sites (tertiary alicyclic amines) is 1. The van der Waals surface area contributed by atoms with Crippen molar-refractivity contribution in [3.8, 4) is 0 Å². The van der Waals surface area contributed by atoms with Crippen molar-refractivity contribution >= 4 is 0 Å². The largest absolute Gasteiger partial charge is 0.314 e. The number of rotatable bonds is 6. The van der Waals surface area contributed by atoms with Crippen LogP contribution < -0.4 is 5.32 Å². The van der Waals surface area contributed by atoms with Gasteiger partial charge >= 0.3 is 0 Å². The van der Waals surface area contributed by atoms with Gasteiger partial charge in [0.2, 0.25) is 0 Å². The third-order valence-electron chi connectivity index (χ3n) is 4.99. The number of hydrogen-bond acceptors (Lipinski definition) is 2. The van der Waals surface area contributed by atoms with Crippen LogP contribution >= 0.6 is 0 Å². The number of nitrogens with zero attached hydrogens (tertiary/aromatic N) is 1. The molecule has 1 aliphatic rings. The van der Waals surface area contributed by atoms with Gasteiger partial charge in [-0.15, -0.1) is 0 Å². The van der Waals surface area contributed by atoms with Gasteiger partial charge in [-0.1, -0.05) is 25.1 Å². The lowest BCUT2D eigenvalue weighted by Crippen LogP contribution is -2.44. The Bertz CT molecular complexity index is 421. The minimum atomic E-state index is 0.644. The second-order valence-electron chi connectivity index (χ2n) is 6.75. The van der Waals surface area contributed by atoms with Gasteiger partial charge in [0.05, 0.1) is 0 Å². The standard InChI is InChI=1S/C19H32N2/c1-5-11-20-17(4)18-10-7-12-21(13-18)14-19-15(2)8-6-9-16(19)3/h6,8-9,17-18,20H,5,7,10-14H2,1-4H3. The number of aryl methyl sites for hydroxylation is 2. The Balaban J connectivity index is 1.95. The highest BCUT2D eigenvalue weighted by molar-refractivity contribution is 5.33. The summed E-state index contributed by atoms with van der Waals surface area (Å²) in [4.78, 5) is 2.66. The van der Waals surface area contributed by atoms with Crippen molar-refractivity contribution in [3.63, 3.8) is 0 Å². The third kappa shape index (κ3) is 4.55. The Labute approximate surface area is 130 Å². The van der Waals surface area contributed by atoms with Crippen molar-refractivity contribution < 1.29 is 0 Å². The van der Waals surface area contributed by atoms with Crippen molar-refractivity contribution in [1.82, 2.24) is 10.2 Å². The van der Waals surface area contributed by atoms with Crippen molar-refractivity contribution in [2.75, 3.05) is 19.6 Å². The Morgan fingerprint density at radius 1 is 1.29 bits per heavy atom. The highest BCUT2D eigenvalue weighted by Crippen LogP contribution is 2.23. The van der Waals surface area contributed by atoms with E-state index in [9.17, 15) is 0 Å². The van der Waals surface area contributed by atoms with Gasteiger partial charge in [0.15, 0.2) is 0 Å². The maximum atomic E-state index is 3.68. The van der Waals surface area contributed by atoms with E-state index < -0.39 is 0 Å². The van der Waals surface area contributed by atoms with Crippen LogP contribution in [-0.4, -0.2) is 30.6 Å². The lowest BCUT2D eigenvalue weighted by atomic mass is 9.90. The second kappa shape index (κ2) is 7.95. The number of hydrogen-bond donors (Lipinski definition) is 1. The summed E-state index contributed by atoms with van der Waals surface area (Å²) in [5.74, 6) is 0.801. The topological polar surface area (TPSA) is 15.3 Å². The molecule has 1 saturated heterocycles. The number of piperidine rings is 1. The molecule has 2 atom stereocenters. The van der Waals surface area contributed by atoms with Gasteiger partial charge in [-0.05, 0) is 75.7 Å². The average molecular weight is 288 g/mol. The molecule has 1 aromatic carbocycles. The molecule has 0 bridgehead atoms. The van der Waals surface area contributed by atoms with Crippen LogP contribution in [-0.2, 0) is 6.54 Å². The molecule has 1 fully saturated rings. The molecular formula is C19H32N2. The van der Waals surface area contributed by atoms with Crippen LogP contribution in [0, 0.1) is 19.8 Å². The summed E-state index contributed by atoms with van der Waals surface area (Å²) >= 11 is 0. The molecule has 0 spiro atoms. The smallest absolute Gasteiger partial charge is 0.0239 e. The summed E-state index contributed by atoms with van der Waals surface area (Å²) in [5.41, 5.74) is 4.41. The molecule has 2 nitrogen and oxygen atoms in total. The molecule has 0 aliphatic carbocycles. The van der Waals surface area contributed by atoms with E-state index in [4.69, 9.17) is 0 Å². The van der Waals surface area contributed by atoms with Gasteiger partial charge in [0, 0.05) is 19.1 Å². The summed E-state index contributed by atoms with van der Waals surface area (Å²) in [6.07, 6.45) is 3.94. The first-order valence-corrected chi connectivity index (χ1v) is 8.62. The van der Waals surface area contributed by atoms with Crippen LogP contribution in [0.3, 0.4) is 0 Å². The van der Waals surface area contributed by atoms with Crippen LogP contribution in [0.5, 0.6) is 0 Å². The summed E-state index contributed by atoms with van der Waals surface area (Å²) < 4.78 is 0. The summed E-state index contributed by atoms with van der Waals surface area (Å²) in [6, 6.07) is 7.31. The lowest BCUT2D eigenvalue weighted by Gasteiger charge is -2.36. The van der Waals surface area contributed by atoms with Crippen molar-refractivity contribution in [2.24, 2.45) is 5.92 Å². The van der Waals surface area contributed by atoms with E-state index >= 15 is 0 Å². The van der Waals surface area contributed by atoms with Gasteiger partial charge in [-0.2, -0.15) is 0 Å². The SMILES string of the molecule is CCCNC(C)C1CCCN(Cc2c(C)cccc2C)C1. The highest BCUT2D eigenvalue weighted by atomic mass is 15.1. The molecule has 118 valence electrons. The summed E-state index contributed by atoms with van der Waals surface area (Å²) in [7, 11) is 0. The van der Waals surface area contributed by atoms with Gasteiger partial charge in [-0.25, -0.2) is 0 Å². The lowest BCUT2D eigenvalue weighted by molar-refractivity contribution is 0.144. The molecule has 1 heterocycles. The monoisotopic (exact) mass is 288 g/mol. The minimum absolute atomic E-state index is 0.644. The second-order valence-corrected chi connectivity index (χ2v) is 6.75. The number of benzene rings is 1. The first kappa shape index (κ1) is 16.5. The van der Waals surface area contributed by atoms with Gasteiger partial charge in [-0.3, -0.25) is 4.90 Å². The first-order chi connectivity index (χ1) is 10.1. The predicted octanol–water partition coefficient (Wildman–Crippen LogP) is 3.90. The zero-order valence-electron chi connectivity index (χ0n) is 14.3. The fraction of sp³-hybridized carbons (Fsp3) is 0.684. The van der Waals surface area contributed by atoms with Crippen LogP contribution in [0.15, 0.2) is 18.2 Å². The molecule has 0 aromatic heterocycles. The van der Waals surface area contributed by atoms with E-state index in [1.165, 1.54) is 49.0 Å². The number of nitrogens with one attached hydrogen (secondary N) is 1. The molecular weight excluding hydrogens is 256 g/mol. The summed E-state index contributed by atoms with van der Waals surface area (Å²) in [5, 5.41) is 3.68. The maximum absolute atomic E-state index is 3.68. The Hall–Kier alpha value is -0.860. The zero-order chi connectivity index (χ0) is 15.2. The highest BCUT2D eigenvalue weighted by Gasteiger charge is 2.24. The molecule has 2 rings (SSSR count). The van der Waals surface area contributed by atoms with Crippen LogP contribution in [0.1, 0.15) is 49.8 Å². The molecule has 2 heteroatoms. The molecule has 0 saturated carbocycles. The molecule has 0 amide bonds. The van der Waals surface area contributed by atoms with E-state index in [2.05, 4.69) is 56.1 Å².